The molecule has 1 saturated heterocycles. The second-order valence-corrected chi connectivity index (χ2v) is 10.8. The molecule has 0 bridgehead atoms. The van der Waals surface area contributed by atoms with Crippen molar-refractivity contribution in [2.45, 2.75) is 51.2 Å². The van der Waals surface area contributed by atoms with Crippen LogP contribution in [0.2, 0.25) is 0 Å². The Bertz CT molecular complexity index is 1100. The van der Waals surface area contributed by atoms with Gasteiger partial charge in [-0.1, -0.05) is 44.2 Å². The molecule has 1 aromatic heterocycles. The number of carbonyl (C=O) groups excluding carboxylic acids is 3. The monoisotopic (exact) mass is 491 g/mol. The van der Waals surface area contributed by atoms with E-state index in [1.807, 2.05) is 57.1 Å². The predicted octanol–water partition coefficient (Wildman–Crippen LogP) is 2.43. The number of anilines is 1. The van der Waals surface area contributed by atoms with E-state index < -0.39 is 18.1 Å². The van der Waals surface area contributed by atoms with E-state index in [-0.39, 0.29) is 29.6 Å². The van der Waals surface area contributed by atoms with Crippen molar-refractivity contribution >= 4 is 23.5 Å². The van der Waals surface area contributed by atoms with Crippen molar-refractivity contribution in [3.8, 4) is 0 Å². The summed E-state index contributed by atoms with van der Waals surface area (Å²) >= 11 is 0. The highest BCUT2D eigenvalue weighted by atomic mass is 16.2. The number of amides is 3. The minimum Gasteiger partial charge on any atom is -0.363 e. The molecule has 1 aliphatic carbocycles. The zero-order valence-electron chi connectivity index (χ0n) is 22.1. The van der Waals surface area contributed by atoms with Gasteiger partial charge in [-0.15, -0.1) is 0 Å². The molecule has 3 amide bonds. The average molecular weight is 492 g/mol. The summed E-state index contributed by atoms with van der Waals surface area (Å²) in [5, 5.41) is 3.05. The van der Waals surface area contributed by atoms with Gasteiger partial charge in [-0.25, -0.2) is 4.98 Å². The van der Waals surface area contributed by atoms with Crippen LogP contribution in [-0.4, -0.2) is 72.8 Å². The Labute approximate surface area is 213 Å². The smallest absolute Gasteiger partial charge is 0.249 e. The number of rotatable bonds is 7. The van der Waals surface area contributed by atoms with E-state index in [1.165, 1.54) is 16.0 Å². The number of likely N-dealkylation sites (N-methyl/N-ethyl adjacent to an activating group) is 1. The van der Waals surface area contributed by atoms with Gasteiger partial charge < -0.3 is 20.0 Å². The minimum atomic E-state index is -0.933. The maximum atomic E-state index is 14.2. The number of hydrogen-bond acceptors (Lipinski definition) is 5. The molecule has 1 aliphatic heterocycles. The van der Waals surface area contributed by atoms with Crippen LogP contribution in [-0.2, 0) is 27.2 Å². The van der Waals surface area contributed by atoms with E-state index in [4.69, 9.17) is 0 Å². The van der Waals surface area contributed by atoms with Gasteiger partial charge in [-0.05, 0) is 48.3 Å². The summed E-state index contributed by atoms with van der Waals surface area (Å²) in [7, 11) is 7.14. The molecule has 1 aromatic carbocycles. The lowest BCUT2D eigenvalue weighted by Gasteiger charge is -2.45. The fourth-order valence-electron chi connectivity index (χ4n) is 5.36. The van der Waals surface area contributed by atoms with E-state index in [9.17, 15) is 14.4 Å². The molecule has 4 rings (SSSR count). The Morgan fingerprint density at radius 3 is 2.19 bits per heavy atom. The van der Waals surface area contributed by atoms with Gasteiger partial charge in [0.25, 0.3) is 0 Å². The van der Waals surface area contributed by atoms with Crippen LogP contribution in [0.1, 0.15) is 43.0 Å². The van der Waals surface area contributed by atoms with E-state index in [0.29, 0.717) is 12.0 Å². The maximum Gasteiger partial charge on any atom is 0.249 e. The second-order valence-electron chi connectivity index (χ2n) is 10.8. The van der Waals surface area contributed by atoms with Crippen molar-refractivity contribution in [1.82, 2.24) is 20.1 Å². The molecular weight excluding hydrogens is 454 g/mol. The molecular formula is C28H37N5O3. The first-order valence-electron chi connectivity index (χ1n) is 12.6. The van der Waals surface area contributed by atoms with Crippen molar-refractivity contribution in [2.24, 2.45) is 11.8 Å². The Balaban J connectivity index is 1.75. The van der Waals surface area contributed by atoms with Gasteiger partial charge in [-0.2, -0.15) is 0 Å². The number of hydrogen-bond donors (Lipinski definition) is 1. The first-order valence-corrected chi connectivity index (χ1v) is 12.6. The van der Waals surface area contributed by atoms with Crippen LogP contribution in [0.3, 0.4) is 0 Å². The van der Waals surface area contributed by atoms with E-state index in [1.54, 1.807) is 25.2 Å². The van der Waals surface area contributed by atoms with Crippen LogP contribution in [0.4, 0.5) is 5.82 Å². The molecule has 2 aliphatic rings. The zero-order valence-corrected chi connectivity index (χ0v) is 22.1. The third kappa shape index (κ3) is 4.94. The van der Waals surface area contributed by atoms with Crippen LogP contribution in [0.15, 0.2) is 42.6 Å². The molecule has 0 unspecified atom stereocenters. The van der Waals surface area contributed by atoms with Gasteiger partial charge in [0.1, 0.15) is 23.9 Å². The van der Waals surface area contributed by atoms with Crippen molar-refractivity contribution in [3.63, 3.8) is 0 Å². The van der Waals surface area contributed by atoms with Gasteiger partial charge in [0.05, 0.1) is 0 Å². The highest BCUT2D eigenvalue weighted by Crippen LogP contribution is 2.35. The standard InChI is InChI=1S/C28H37N5O3/c1-17(2)13-22-26(34)30-24(21-14-18-9-7-8-10-19(18)15-21)27(35)33(22)25(28(36)32(5)6)20-11-12-23(29-16-20)31(3)4/h7-12,16-17,21-22,24-25H,13-15H2,1-6H3,(H,30,34)/t22-,24-,25-/m1/s1. The molecule has 2 aromatic rings. The SMILES string of the molecule is CC(C)C[C@@H]1C(=O)N[C@H](C2Cc3ccccc3C2)C(=O)N1[C@@H](C(=O)N(C)C)c1ccc(N(C)C)nc1. The average Bonchev–Trinajstić information content (AvgIpc) is 3.27. The highest BCUT2D eigenvalue weighted by molar-refractivity contribution is 6.00. The lowest BCUT2D eigenvalue weighted by atomic mass is 9.88. The molecule has 8 heteroatoms. The number of piperazine rings is 1. The first kappa shape index (κ1) is 25.7. The lowest BCUT2D eigenvalue weighted by Crippen LogP contribution is -2.67. The fourth-order valence-corrected chi connectivity index (χ4v) is 5.36. The zero-order chi connectivity index (χ0) is 26.1. The van der Waals surface area contributed by atoms with Crippen molar-refractivity contribution in [2.75, 3.05) is 33.1 Å². The topological polar surface area (TPSA) is 85.8 Å². The van der Waals surface area contributed by atoms with E-state index in [2.05, 4.69) is 22.4 Å². The third-order valence-corrected chi connectivity index (χ3v) is 7.20. The summed E-state index contributed by atoms with van der Waals surface area (Å²) in [4.78, 5) is 50.8. The summed E-state index contributed by atoms with van der Waals surface area (Å²) in [5.74, 6) is 0.213. The van der Waals surface area contributed by atoms with Gasteiger partial charge in [-0.3, -0.25) is 14.4 Å². The summed E-state index contributed by atoms with van der Waals surface area (Å²) in [6, 6.07) is 9.49. The van der Waals surface area contributed by atoms with Crippen LogP contribution >= 0.6 is 0 Å². The van der Waals surface area contributed by atoms with Crippen LogP contribution in [0.5, 0.6) is 0 Å². The van der Waals surface area contributed by atoms with E-state index in [0.717, 1.165) is 18.7 Å². The molecule has 2 heterocycles. The number of carbonyl (C=O) groups is 3. The molecule has 8 nitrogen and oxygen atoms in total. The van der Waals surface area contributed by atoms with Crippen LogP contribution in [0.25, 0.3) is 0 Å². The quantitative estimate of drug-likeness (QED) is 0.643. The Morgan fingerprint density at radius 1 is 1.06 bits per heavy atom. The molecule has 36 heavy (non-hydrogen) atoms. The molecule has 0 spiro atoms. The van der Waals surface area contributed by atoms with Gasteiger partial charge in [0, 0.05) is 40.0 Å². The Morgan fingerprint density at radius 2 is 1.69 bits per heavy atom. The fraction of sp³-hybridized carbons (Fsp3) is 0.500. The Hall–Kier alpha value is -3.42. The van der Waals surface area contributed by atoms with Gasteiger partial charge >= 0.3 is 0 Å². The highest BCUT2D eigenvalue weighted by Gasteiger charge is 2.49. The van der Waals surface area contributed by atoms with Crippen molar-refractivity contribution in [1.29, 1.82) is 0 Å². The predicted molar refractivity (Wildman–Crippen MR) is 139 cm³/mol. The molecule has 1 fully saturated rings. The van der Waals surface area contributed by atoms with Gasteiger partial charge in [0.2, 0.25) is 17.7 Å². The number of aromatic nitrogens is 1. The maximum absolute atomic E-state index is 14.2. The number of fused-ring (bicyclic) bond motifs is 1. The van der Waals surface area contributed by atoms with Crippen molar-refractivity contribution < 1.29 is 14.4 Å². The summed E-state index contributed by atoms with van der Waals surface area (Å²) in [6.07, 6.45) is 3.56. The largest absolute Gasteiger partial charge is 0.363 e. The number of benzene rings is 1. The van der Waals surface area contributed by atoms with Crippen LogP contribution < -0.4 is 10.2 Å². The molecule has 0 radical (unpaired) electrons. The van der Waals surface area contributed by atoms with E-state index >= 15 is 0 Å². The van der Waals surface area contributed by atoms with Crippen LogP contribution in [0, 0.1) is 11.8 Å². The third-order valence-electron chi connectivity index (χ3n) is 7.20. The van der Waals surface area contributed by atoms with Crippen molar-refractivity contribution in [3.05, 3.63) is 59.3 Å². The summed E-state index contributed by atoms with van der Waals surface area (Å²) in [5.41, 5.74) is 3.03. The molecule has 1 N–H and O–H groups in total. The summed E-state index contributed by atoms with van der Waals surface area (Å²) < 4.78 is 0. The summed E-state index contributed by atoms with van der Waals surface area (Å²) in [6.45, 7) is 4.04. The van der Waals surface area contributed by atoms with Gasteiger partial charge in [0.15, 0.2) is 0 Å². The first-order chi connectivity index (χ1) is 17.1. The number of pyridine rings is 1. The Kier molecular flexibility index (Phi) is 7.33. The lowest BCUT2D eigenvalue weighted by molar-refractivity contribution is -0.159. The molecule has 192 valence electrons. The number of nitrogens with one attached hydrogen (secondary N) is 1. The molecule has 0 saturated carbocycles. The minimum absolute atomic E-state index is 0.0503. The number of nitrogens with zero attached hydrogens (tertiary/aromatic N) is 4. The molecule has 3 atom stereocenters. The second kappa shape index (κ2) is 10.3. The normalized spacial score (nSPS) is 20.8.